The number of fused-ring (bicyclic) bond motifs is 1. The van der Waals surface area contributed by atoms with E-state index in [9.17, 15) is 8.42 Å². The van der Waals surface area contributed by atoms with Crippen molar-refractivity contribution in [3.05, 3.63) is 88.7 Å². The van der Waals surface area contributed by atoms with Crippen molar-refractivity contribution in [3.63, 3.8) is 0 Å². The minimum atomic E-state index is -3.88. The van der Waals surface area contributed by atoms with Crippen molar-refractivity contribution in [2.45, 2.75) is 106 Å². The Morgan fingerprint density at radius 1 is 0.936 bits per heavy atom. The summed E-state index contributed by atoms with van der Waals surface area (Å²) in [6.07, 6.45) is 10.7. The summed E-state index contributed by atoms with van der Waals surface area (Å²) in [5.41, 5.74) is 4.37. The van der Waals surface area contributed by atoms with Crippen LogP contribution in [-0.4, -0.2) is 39.6 Å². The van der Waals surface area contributed by atoms with Crippen molar-refractivity contribution < 1.29 is 17.5 Å². The molecule has 1 N–H and O–H groups in total. The molecule has 0 heterocycles. The van der Waals surface area contributed by atoms with Crippen molar-refractivity contribution in [1.82, 2.24) is 5.32 Å². The average Bonchev–Trinajstić information content (AvgIpc) is 3.07. The van der Waals surface area contributed by atoms with Crippen LogP contribution in [0.25, 0.3) is 0 Å². The summed E-state index contributed by atoms with van der Waals surface area (Å²) in [6, 6.07) is 18.2. The third-order valence-electron chi connectivity index (χ3n) is 9.51. The Kier molecular flexibility index (Phi) is 15.5. The third kappa shape index (κ3) is 11.3. The Bertz CT molecular complexity index is 1500. The predicted molar refractivity (Wildman–Crippen MR) is 200 cm³/mol. The molecule has 0 saturated carbocycles. The number of hydrogen-bond acceptors (Lipinski definition) is 6. The first kappa shape index (κ1) is 37.8. The first-order valence-electron chi connectivity index (χ1n) is 17.6. The minimum Gasteiger partial charge on any atom is -0.494 e. The minimum absolute atomic E-state index is 0.0330. The van der Waals surface area contributed by atoms with Crippen LogP contribution in [-0.2, 0) is 22.7 Å². The van der Waals surface area contributed by atoms with E-state index in [1.807, 2.05) is 24.3 Å². The monoisotopic (exact) mass is 699 g/mol. The highest BCUT2D eigenvalue weighted by Gasteiger charge is 2.26. The topological polar surface area (TPSA) is 55.4 Å². The predicted octanol–water partition coefficient (Wildman–Crippen LogP) is 9.62. The smallest absolute Gasteiger partial charge is 0.206 e. The van der Waals surface area contributed by atoms with Crippen LogP contribution < -0.4 is 10.1 Å². The molecule has 0 aromatic heterocycles. The SMILES string of the molecule is CCCC(CCCOc1ccc(CC[C@@H](C)CCS)cc1)c1cc(F)cc(S(=O)(=O)c2ccc3c(c2)CCC[C@H]3CNCCCS)c1. The van der Waals surface area contributed by atoms with Gasteiger partial charge < -0.3 is 10.1 Å². The lowest BCUT2D eigenvalue weighted by atomic mass is 9.83. The zero-order chi connectivity index (χ0) is 33.6. The fourth-order valence-electron chi connectivity index (χ4n) is 6.74. The number of thiol groups is 2. The molecule has 4 nitrogen and oxygen atoms in total. The van der Waals surface area contributed by atoms with Crippen molar-refractivity contribution in [1.29, 1.82) is 0 Å². The fraction of sp³-hybridized carbons (Fsp3) is 0.538. The molecule has 0 amide bonds. The molecular formula is C39H54FNO3S3. The summed E-state index contributed by atoms with van der Waals surface area (Å²) in [7, 11) is -3.88. The summed E-state index contributed by atoms with van der Waals surface area (Å²) in [5, 5.41) is 3.52. The lowest BCUT2D eigenvalue weighted by molar-refractivity contribution is 0.299. The van der Waals surface area contributed by atoms with Gasteiger partial charge in [-0.05, 0) is 165 Å². The van der Waals surface area contributed by atoms with Gasteiger partial charge in [0.1, 0.15) is 11.6 Å². The van der Waals surface area contributed by atoms with Crippen LogP contribution in [0.1, 0.15) is 106 Å². The van der Waals surface area contributed by atoms with Gasteiger partial charge in [0.05, 0.1) is 16.4 Å². The summed E-state index contributed by atoms with van der Waals surface area (Å²) < 4.78 is 48.8. The van der Waals surface area contributed by atoms with Crippen LogP contribution >= 0.6 is 25.3 Å². The van der Waals surface area contributed by atoms with E-state index < -0.39 is 15.7 Å². The van der Waals surface area contributed by atoms with E-state index >= 15 is 4.39 Å². The van der Waals surface area contributed by atoms with E-state index in [1.54, 1.807) is 12.1 Å². The molecule has 3 atom stereocenters. The Labute approximate surface area is 294 Å². The molecule has 0 aliphatic heterocycles. The number of rotatable bonds is 20. The van der Waals surface area contributed by atoms with Gasteiger partial charge in [-0.25, -0.2) is 12.8 Å². The lowest BCUT2D eigenvalue weighted by Crippen LogP contribution is -2.25. The van der Waals surface area contributed by atoms with E-state index in [1.165, 1.54) is 23.3 Å². The highest BCUT2D eigenvalue weighted by atomic mass is 32.2. The fourth-order valence-corrected chi connectivity index (χ4v) is 8.71. The van der Waals surface area contributed by atoms with Gasteiger partial charge >= 0.3 is 0 Å². The molecule has 8 heteroatoms. The number of nitrogens with one attached hydrogen (secondary N) is 1. The molecule has 1 aliphatic rings. The van der Waals surface area contributed by atoms with Gasteiger partial charge in [0.2, 0.25) is 9.84 Å². The maximum absolute atomic E-state index is 15.0. The third-order valence-corrected chi connectivity index (χ3v) is 11.8. The highest BCUT2D eigenvalue weighted by Crippen LogP contribution is 2.35. The van der Waals surface area contributed by atoms with E-state index in [4.69, 9.17) is 4.74 Å². The number of hydrogen-bond donors (Lipinski definition) is 3. The first-order chi connectivity index (χ1) is 22.7. The molecule has 0 saturated heterocycles. The standard InChI is InChI=1S/C39H54FNO3S3/c1-3-7-31(10-5-21-44-36-15-13-30(14-16-36)12-11-29(2)19-23-46)34-24-35(40)27-38(26-34)47(42,43)37-17-18-39-32(25-37)8-4-9-33(39)28-41-20-6-22-45/h13-18,24-27,29,31,33,41,45-46H,3-12,19-23,28H2,1-2H3/t29-,31?,33+/m1/s1. The van der Waals surface area contributed by atoms with Gasteiger partial charge in [-0.1, -0.05) is 38.5 Å². The van der Waals surface area contributed by atoms with Gasteiger partial charge in [0.15, 0.2) is 0 Å². The molecule has 3 aromatic rings. The summed E-state index contributed by atoms with van der Waals surface area (Å²) >= 11 is 8.63. The molecule has 1 aliphatic carbocycles. The Hall–Kier alpha value is -2.00. The van der Waals surface area contributed by atoms with Crippen LogP contribution in [0.2, 0.25) is 0 Å². The Balaban J connectivity index is 1.39. The number of aryl methyl sites for hydroxylation is 2. The molecule has 0 bridgehead atoms. The Morgan fingerprint density at radius 3 is 2.49 bits per heavy atom. The lowest BCUT2D eigenvalue weighted by Gasteiger charge is -2.26. The molecule has 1 unspecified atom stereocenters. The van der Waals surface area contributed by atoms with Gasteiger partial charge in [-0.3, -0.25) is 0 Å². The normalized spacial score (nSPS) is 16.1. The number of ether oxygens (including phenoxy) is 1. The molecule has 47 heavy (non-hydrogen) atoms. The van der Waals surface area contributed by atoms with Gasteiger partial charge in [-0.2, -0.15) is 25.3 Å². The second-order valence-corrected chi connectivity index (χ2v) is 16.1. The number of halogens is 1. The quantitative estimate of drug-likeness (QED) is 0.0813. The first-order valence-corrected chi connectivity index (χ1v) is 20.3. The van der Waals surface area contributed by atoms with E-state index in [-0.39, 0.29) is 15.7 Å². The number of benzene rings is 3. The van der Waals surface area contributed by atoms with Gasteiger partial charge in [0.25, 0.3) is 0 Å². The van der Waals surface area contributed by atoms with Crippen molar-refractivity contribution in [2.75, 3.05) is 31.2 Å². The molecule has 0 radical (unpaired) electrons. The number of sulfone groups is 1. The summed E-state index contributed by atoms with van der Waals surface area (Å²) in [5.74, 6) is 3.22. The summed E-state index contributed by atoms with van der Waals surface area (Å²) in [6.45, 7) is 6.75. The van der Waals surface area contributed by atoms with Crippen LogP contribution in [0.3, 0.4) is 0 Å². The van der Waals surface area contributed by atoms with Crippen LogP contribution in [0.15, 0.2) is 70.5 Å². The zero-order valence-electron chi connectivity index (χ0n) is 28.2. The van der Waals surface area contributed by atoms with Crippen LogP contribution in [0.5, 0.6) is 5.75 Å². The second-order valence-electron chi connectivity index (χ2n) is 13.2. The molecule has 4 rings (SSSR count). The molecular weight excluding hydrogens is 646 g/mol. The van der Waals surface area contributed by atoms with Gasteiger partial charge in [-0.15, -0.1) is 0 Å². The van der Waals surface area contributed by atoms with Crippen molar-refractivity contribution in [3.8, 4) is 5.75 Å². The van der Waals surface area contributed by atoms with E-state index in [0.29, 0.717) is 18.4 Å². The van der Waals surface area contributed by atoms with Crippen LogP contribution in [0, 0.1) is 11.7 Å². The molecule has 0 spiro atoms. The molecule has 0 fully saturated rings. The van der Waals surface area contributed by atoms with E-state index in [2.05, 4.69) is 56.6 Å². The van der Waals surface area contributed by atoms with Crippen LogP contribution in [0.4, 0.5) is 4.39 Å². The summed E-state index contributed by atoms with van der Waals surface area (Å²) in [4.78, 5) is 0.279. The molecule has 258 valence electrons. The van der Waals surface area contributed by atoms with Gasteiger partial charge in [0, 0.05) is 6.54 Å². The van der Waals surface area contributed by atoms with Crippen molar-refractivity contribution in [2.24, 2.45) is 5.92 Å². The van der Waals surface area contributed by atoms with E-state index in [0.717, 1.165) is 112 Å². The maximum atomic E-state index is 15.0. The highest BCUT2D eigenvalue weighted by molar-refractivity contribution is 7.91. The largest absolute Gasteiger partial charge is 0.494 e. The zero-order valence-corrected chi connectivity index (χ0v) is 30.8. The molecule has 3 aromatic carbocycles. The average molecular weight is 700 g/mol. The second kappa shape index (κ2) is 19.3. The Morgan fingerprint density at radius 2 is 1.74 bits per heavy atom. The van der Waals surface area contributed by atoms with Crippen molar-refractivity contribution >= 4 is 35.1 Å². The maximum Gasteiger partial charge on any atom is 0.206 e.